The van der Waals surface area contributed by atoms with Crippen LogP contribution >= 0.6 is 0 Å². The fraction of sp³-hybridized carbons (Fsp3) is 0.650. The molecule has 0 N–H and O–H groups in total. The second-order valence-electron chi connectivity index (χ2n) is 8.32. The van der Waals surface area contributed by atoms with Crippen LogP contribution in [0.2, 0.25) is 18.1 Å². The molecule has 0 aliphatic carbocycles. The van der Waals surface area contributed by atoms with Crippen molar-refractivity contribution in [1.82, 2.24) is 0 Å². The molecular weight excluding hydrogens is 316 g/mol. The molecule has 136 valence electrons. The molecule has 0 fully saturated rings. The minimum Gasteiger partial charge on any atom is -0.413 e. The predicted molar refractivity (Wildman–Crippen MR) is 103 cm³/mol. The molecule has 0 saturated carbocycles. The number of rotatable bonds is 9. The molecule has 0 aliphatic heterocycles. The first-order chi connectivity index (χ1) is 11.1. The lowest BCUT2D eigenvalue weighted by molar-refractivity contribution is -0.114. The third kappa shape index (κ3) is 6.15. The van der Waals surface area contributed by atoms with Crippen molar-refractivity contribution >= 4 is 14.6 Å². The average molecular weight is 351 g/mol. The van der Waals surface area contributed by atoms with Crippen LogP contribution in [-0.2, 0) is 20.6 Å². The minimum atomic E-state index is -1.93. The number of benzene rings is 1. The minimum absolute atomic E-state index is 0.0980. The van der Waals surface area contributed by atoms with Gasteiger partial charge in [-0.25, -0.2) is 0 Å². The molecule has 0 bridgehead atoms. The zero-order valence-electron chi connectivity index (χ0n) is 16.3. The third-order valence-corrected chi connectivity index (χ3v) is 9.50. The predicted octanol–water partition coefficient (Wildman–Crippen LogP) is 5.06. The Kier molecular flexibility index (Phi) is 7.84. The van der Waals surface area contributed by atoms with E-state index >= 15 is 0 Å². The van der Waals surface area contributed by atoms with Crippen molar-refractivity contribution in [3.8, 4) is 0 Å². The lowest BCUT2D eigenvalue weighted by Gasteiger charge is -2.42. The fourth-order valence-corrected chi connectivity index (χ4v) is 3.85. The van der Waals surface area contributed by atoms with E-state index in [1.165, 1.54) is 0 Å². The lowest BCUT2D eigenvalue weighted by atomic mass is 9.95. The number of aldehydes is 1. The number of carbonyl (C=O) groups is 1. The van der Waals surface area contributed by atoms with E-state index in [0.717, 1.165) is 11.8 Å². The summed E-state index contributed by atoms with van der Waals surface area (Å²) in [5.41, 5.74) is 1.16. The molecule has 24 heavy (non-hydrogen) atoms. The molecule has 3 nitrogen and oxygen atoms in total. The van der Waals surface area contributed by atoms with E-state index in [4.69, 9.17) is 9.16 Å². The molecule has 0 radical (unpaired) electrons. The summed E-state index contributed by atoms with van der Waals surface area (Å²) >= 11 is 0. The summed E-state index contributed by atoms with van der Waals surface area (Å²) < 4.78 is 12.4. The Morgan fingerprint density at radius 3 is 2.21 bits per heavy atom. The quantitative estimate of drug-likeness (QED) is 0.461. The molecular formula is C20H34O3Si. The van der Waals surface area contributed by atoms with E-state index in [-0.39, 0.29) is 23.0 Å². The third-order valence-electron chi connectivity index (χ3n) is 5.02. The van der Waals surface area contributed by atoms with Crippen molar-refractivity contribution < 1.29 is 14.0 Å². The zero-order chi connectivity index (χ0) is 18.4. The molecule has 3 atom stereocenters. The summed E-state index contributed by atoms with van der Waals surface area (Å²) in [7, 11) is -1.93. The van der Waals surface area contributed by atoms with Crippen LogP contribution in [0.25, 0.3) is 0 Å². The summed E-state index contributed by atoms with van der Waals surface area (Å²) in [5, 5.41) is 0.123. The maximum Gasteiger partial charge on any atom is 0.192 e. The van der Waals surface area contributed by atoms with Gasteiger partial charge in [-0.1, -0.05) is 65.0 Å². The van der Waals surface area contributed by atoms with Gasteiger partial charge < -0.3 is 14.0 Å². The van der Waals surface area contributed by atoms with Crippen molar-refractivity contribution in [3.63, 3.8) is 0 Å². The standard InChI is InChI=1S/C20H34O3Si/c1-16(13-21)19(23-24(6,7)20(3,4)5)17(2)14-22-15-18-11-9-8-10-12-18/h8-13,16-17,19H,14-15H2,1-7H3/t16-,17-,19+/m0/s1. The molecule has 0 saturated heterocycles. The van der Waals surface area contributed by atoms with Crippen LogP contribution in [0.1, 0.15) is 40.2 Å². The van der Waals surface area contributed by atoms with Gasteiger partial charge in [-0.15, -0.1) is 0 Å². The Balaban J connectivity index is 2.68. The van der Waals surface area contributed by atoms with Gasteiger partial charge in [0.2, 0.25) is 0 Å². The van der Waals surface area contributed by atoms with Crippen LogP contribution in [0.5, 0.6) is 0 Å². The van der Waals surface area contributed by atoms with E-state index < -0.39 is 8.32 Å². The number of ether oxygens (including phenoxy) is 1. The summed E-state index contributed by atoms with van der Waals surface area (Å²) in [6, 6.07) is 10.1. The number of hydrogen-bond donors (Lipinski definition) is 0. The van der Waals surface area contributed by atoms with Gasteiger partial charge in [0.1, 0.15) is 6.29 Å². The van der Waals surface area contributed by atoms with Crippen molar-refractivity contribution in [2.24, 2.45) is 11.8 Å². The Morgan fingerprint density at radius 2 is 1.71 bits per heavy atom. The highest BCUT2D eigenvalue weighted by atomic mass is 28.4. The van der Waals surface area contributed by atoms with Gasteiger partial charge in [-0.05, 0) is 23.7 Å². The number of hydrogen-bond acceptors (Lipinski definition) is 3. The van der Waals surface area contributed by atoms with Crippen molar-refractivity contribution in [3.05, 3.63) is 35.9 Å². The van der Waals surface area contributed by atoms with Crippen molar-refractivity contribution in [1.29, 1.82) is 0 Å². The topological polar surface area (TPSA) is 35.5 Å². The summed E-state index contributed by atoms with van der Waals surface area (Å²) in [5.74, 6) is 0.0393. The Hall–Kier alpha value is -0.973. The highest BCUT2D eigenvalue weighted by molar-refractivity contribution is 6.74. The number of carbonyl (C=O) groups excluding carboxylic acids is 1. The molecule has 4 heteroatoms. The first-order valence-electron chi connectivity index (χ1n) is 8.83. The molecule has 0 aliphatic rings. The van der Waals surface area contributed by atoms with E-state index in [9.17, 15) is 4.79 Å². The first-order valence-corrected chi connectivity index (χ1v) is 11.7. The van der Waals surface area contributed by atoms with Crippen LogP contribution in [0.3, 0.4) is 0 Å². The van der Waals surface area contributed by atoms with Gasteiger partial charge in [0.15, 0.2) is 8.32 Å². The van der Waals surface area contributed by atoms with Gasteiger partial charge in [-0.3, -0.25) is 0 Å². The van der Waals surface area contributed by atoms with Crippen LogP contribution in [0, 0.1) is 11.8 Å². The maximum atomic E-state index is 11.4. The van der Waals surface area contributed by atoms with E-state index in [2.05, 4.69) is 52.9 Å². The van der Waals surface area contributed by atoms with Crippen molar-refractivity contribution in [2.75, 3.05) is 6.61 Å². The molecule has 0 amide bonds. The molecule has 0 unspecified atom stereocenters. The van der Waals surface area contributed by atoms with Gasteiger partial charge in [0.05, 0.1) is 19.3 Å². The Labute approximate surface area is 148 Å². The smallest absolute Gasteiger partial charge is 0.192 e. The SMILES string of the molecule is C[C@@H](C=O)[C@@H](O[Si](C)(C)C(C)(C)C)[C@@H](C)COCc1ccccc1. The lowest BCUT2D eigenvalue weighted by Crippen LogP contribution is -2.48. The molecule has 1 aromatic rings. The monoisotopic (exact) mass is 350 g/mol. The maximum absolute atomic E-state index is 11.4. The second-order valence-corrected chi connectivity index (χ2v) is 13.1. The highest BCUT2D eigenvalue weighted by Gasteiger charge is 2.41. The van der Waals surface area contributed by atoms with E-state index in [1.54, 1.807) is 0 Å². The van der Waals surface area contributed by atoms with Gasteiger partial charge >= 0.3 is 0 Å². The van der Waals surface area contributed by atoms with Crippen LogP contribution < -0.4 is 0 Å². The van der Waals surface area contributed by atoms with Crippen LogP contribution in [0.15, 0.2) is 30.3 Å². The molecule has 0 heterocycles. The Bertz CT molecular complexity index is 493. The van der Waals surface area contributed by atoms with E-state index in [0.29, 0.717) is 13.2 Å². The van der Waals surface area contributed by atoms with Crippen molar-refractivity contribution in [2.45, 2.75) is 65.5 Å². The van der Waals surface area contributed by atoms with E-state index in [1.807, 2.05) is 25.1 Å². The van der Waals surface area contributed by atoms with Gasteiger partial charge in [-0.2, -0.15) is 0 Å². The van der Waals surface area contributed by atoms with Gasteiger partial charge in [0.25, 0.3) is 0 Å². The molecule has 0 aromatic heterocycles. The molecule has 0 spiro atoms. The zero-order valence-corrected chi connectivity index (χ0v) is 17.3. The first kappa shape index (κ1) is 21.1. The van der Waals surface area contributed by atoms with Crippen LogP contribution in [-0.4, -0.2) is 27.3 Å². The highest BCUT2D eigenvalue weighted by Crippen LogP contribution is 2.39. The average Bonchev–Trinajstić information content (AvgIpc) is 2.51. The molecule has 1 rings (SSSR count). The summed E-state index contributed by atoms with van der Waals surface area (Å²) in [4.78, 5) is 11.4. The second kappa shape index (κ2) is 8.93. The molecule has 1 aromatic carbocycles. The largest absolute Gasteiger partial charge is 0.413 e. The Morgan fingerprint density at radius 1 is 1.12 bits per heavy atom. The van der Waals surface area contributed by atoms with Crippen LogP contribution in [0.4, 0.5) is 0 Å². The van der Waals surface area contributed by atoms with Gasteiger partial charge in [0, 0.05) is 11.8 Å². The fourth-order valence-electron chi connectivity index (χ4n) is 2.37. The summed E-state index contributed by atoms with van der Waals surface area (Å²) in [6.07, 6.45) is 0.907. The normalized spacial score (nSPS) is 16.5. The summed E-state index contributed by atoms with van der Waals surface area (Å²) in [6.45, 7) is 16.4.